The fraction of sp³-hybridized carbons (Fsp3) is 0.118. The number of hydrogen-bond acceptors (Lipinski definition) is 4. The van der Waals surface area contributed by atoms with Crippen LogP contribution in [0.25, 0.3) is 22.3 Å². The van der Waals surface area contributed by atoms with Gasteiger partial charge < -0.3 is 4.52 Å². The average molecular weight is 367 g/mol. The lowest BCUT2D eigenvalue weighted by molar-refractivity contribution is -0.155. The molecule has 0 saturated carbocycles. The molecule has 0 N–H and O–H groups in total. The second-order valence-electron chi connectivity index (χ2n) is 5.43. The predicted molar refractivity (Wildman–Crippen MR) is 85.5 cm³/mol. The molecule has 8 heteroatoms. The summed E-state index contributed by atoms with van der Waals surface area (Å²) in [6, 6.07) is 14.1. The van der Waals surface area contributed by atoms with Crippen molar-refractivity contribution in [3.05, 3.63) is 60.5 Å². The number of nitrogens with zero attached hydrogens (tertiary/aromatic N) is 1. The van der Waals surface area contributed by atoms with E-state index in [1.165, 1.54) is 22.9 Å². The first kappa shape index (κ1) is 17.2. The molecule has 0 unspecified atom stereocenters. The van der Waals surface area contributed by atoms with Crippen LogP contribution in [0.5, 0.6) is 0 Å². The summed E-state index contributed by atoms with van der Waals surface area (Å²) in [7, 11) is -3.09. The standard InChI is InChI=1S/C13H10O2S.C4H2F3NO/c1-16(14,15)11-5-2-9(3-6-11)13-8-10-4-7-12(10)13;5-4(6,7)3-1-2-8-9-3/h2-8H,1H3;1-2H. The first-order valence-electron chi connectivity index (χ1n) is 7.09. The molecule has 1 aromatic heterocycles. The molecule has 1 heterocycles. The molecule has 4 nitrogen and oxygen atoms in total. The Morgan fingerprint density at radius 3 is 1.88 bits per heavy atom. The highest BCUT2D eigenvalue weighted by Crippen LogP contribution is 2.43. The van der Waals surface area contributed by atoms with Crippen molar-refractivity contribution in [3.63, 3.8) is 0 Å². The third-order valence-electron chi connectivity index (χ3n) is 3.64. The minimum Gasteiger partial charge on any atom is -0.352 e. The number of benzene rings is 2. The molecule has 0 fully saturated rings. The summed E-state index contributed by atoms with van der Waals surface area (Å²) in [5.74, 6) is -1.07. The molecule has 4 rings (SSSR count). The van der Waals surface area contributed by atoms with Gasteiger partial charge in [-0.1, -0.05) is 29.4 Å². The second kappa shape index (κ2) is 6.03. The maximum atomic E-state index is 11.5. The maximum absolute atomic E-state index is 11.5. The summed E-state index contributed by atoms with van der Waals surface area (Å²) in [6.07, 6.45) is -2.24. The molecule has 25 heavy (non-hydrogen) atoms. The van der Waals surface area contributed by atoms with Crippen LogP contribution in [0.3, 0.4) is 0 Å². The van der Waals surface area contributed by atoms with E-state index in [0.717, 1.165) is 17.8 Å². The van der Waals surface area contributed by atoms with Gasteiger partial charge in [-0.3, -0.25) is 0 Å². The van der Waals surface area contributed by atoms with E-state index in [-0.39, 0.29) is 0 Å². The SMILES string of the molecule is CS(=O)(=O)c1ccc(-c2cc3ccc2-3)cc1.FC(F)(F)c1ccno1. The molecule has 2 aliphatic carbocycles. The lowest BCUT2D eigenvalue weighted by Crippen LogP contribution is -2.01. The van der Waals surface area contributed by atoms with Gasteiger partial charge in [-0.05, 0) is 40.5 Å². The number of rotatable bonds is 2. The minimum absolute atomic E-state index is 0.370. The van der Waals surface area contributed by atoms with Crippen LogP contribution in [0, 0.1) is 0 Å². The molecule has 0 aliphatic heterocycles. The highest BCUT2D eigenvalue weighted by Gasteiger charge is 2.34. The number of halogens is 3. The molecule has 0 spiro atoms. The van der Waals surface area contributed by atoms with E-state index in [2.05, 4.69) is 27.9 Å². The zero-order valence-electron chi connectivity index (χ0n) is 12.9. The summed E-state index contributed by atoms with van der Waals surface area (Å²) >= 11 is 0. The Kier molecular flexibility index (Phi) is 4.16. The monoisotopic (exact) mass is 367 g/mol. The summed E-state index contributed by atoms with van der Waals surface area (Å²) in [6.45, 7) is 0. The lowest BCUT2D eigenvalue weighted by Gasteiger charge is -2.21. The largest absolute Gasteiger partial charge is 0.452 e. The van der Waals surface area contributed by atoms with Crippen molar-refractivity contribution in [1.82, 2.24) is 5.16 Å². The van der Waals surface area contributed by atoms with Crippen LogP contribution in [0.4, 0.5) is 13.2 Å². The maximum Gasteiger partial charge on any atom is 0.452 e. The lowest BCUT2D eigenvalue weighted by atomic mass is 9.83. The van der Waals surface area contributed by atoms with Crippen LogP contribution >= 0.6 is 0 Å². The van der Waals surface area contributed by atoms with Gasteiger partial charge in [0.2, 0.25) is 5.76 Å². The molecular weight excluding hydrogens is 355 g/mol. The van der Waals surface area contributed by atoms with Gasteiger partial charge in [0.25, 0.3) is 0 Å². The van der Waals surface area contributed by atoms with Crippen LogP contribution < -0.4 is 0 Å². The number of hydrogen-bond donors (Lipinski definition) is 0. The van der Waals surface area contributed by atoms with Crippen LogP contribution in [0.15, 0.2) is 64.1 Å². The molecule has 0 saturated heterocycles. The Hall–Kier alpha value is -2.61. The molecule has 1 aromatic carbocycles. The van der Waals surface area contributed by atoms with Crippen molar-refractivity contribution in [2.75, 3.05) is 6.26 Å². The minimum atomic E-state index is -4.41. The van der Waals surface area contributed by atoms with E-state index in [0.29, 0.717) is 4.90 Å². The van der Waals surface area contributed by atoms with Gasteiger partial charge >= 0.3 is 6.18 Å². The third-order valence-corrected chi connectivity index (χ3v) is 4.77. The molecule has 0 atom stereocenters. The fourth-order valence-electron chi connectivity index (χ4n) is 2.27. The Labute approximate surface area is 141 Å². The van der Waals surface area contributed by atoms with Gasteiger partial charge in [0.15, 0.2) is 9.84 Å². The summed E-state index contributed by atoms with van der Waals surface area (Å²) < 4.78 is 60.9. The number of alkyl halides is 3. The van der Waals surface area contributed by atoms with Crippen molar-refractivity contribution < 1.29 is 26.1 Å². The Balaban J connectivity index is 0.000000173. The summed E-state index contributed by atoms with van der Waals surface area (Å²) in [4.78, 5) is 0.370. The van der Waals surface area contributed by atoms with Crippen molar-refractivity contribution in [3.8, 4) is 22.3 Å². The fourth-order valence-corrected chi connectivity index (χ4v) is 2.90. The van der Waals surface area contributed by atoms with Gasteiger partial charge in [0.05, 0.1) is 11.1 Å². The quantitative estimate of drug-likeness (QED) is 0.526. The normalized spacial score (nSPS) is 12.3. The van der Waals surface area contributed by atoms with Crippen LogP contribution in [0.1, 0.15) is 5.76 Å². The zero-order chi connectivity index (χ0) is 18.2. The van der Waals surface area contributed by atoms with Gasteiger partial charge in [0.1, 0.15) is 0 Å². The van der Waals surface area contributed by atoms with E-state index >= 15 is 0 Å². The van der Waals surface area contributed by atoms with Gasteiger partial charge in [-0.25, -0.2) is 8.42 Å². The second-order valence-corrected chi connectivity index (χ2v) is 7.45. The number of sulfone groups is 1. The van der Waals surface area contributed by atoms with Crippen molar-refractivity contribution >= 4 is 9.84 Å². The predicted octanol–water partition coefficient (Wildman–Crippen LogP) is 4.43. The van der Waals surface area contributed by atoms with Crippen LogP contribution in [0.2, 0.25) is 0 Å². The molecule has 130 valence electrons. The smallest absolute Gasteiger partial charge is 0.352 e. The van der Waals surface area contributed by atoms with E-state index in [1.54, 1.807) is 12.1 Å². The third kappa shape index (κ3) is 3.58. The highest BCUT2D eigenvalue weighted by molar-refractivity contribution is 7.90. The first-order valence-corrected chi connectivity index (χ1v) is 8.98. The molecule has 0 radical (unpaired) electrons. The topological polar surface area (TPSA) is 60.2 Å². The van der Waals surface area contributed by atoms with Crippen molar-refractivity contribution in [2.45, 2.75) is 11.1 Å². The van der Waals surface area contributed by atoms with Gasteiger partial charge in [0, 0.05) is 12.3 Å². The van der Waals surface area contributed by atoms with E-state index in [1.807, 2.05) is 12.1 Å². The molecule has 0 amide bonds. The van der Waals surface area contributed by atoms with Crippen molar-refractivity contribution in [2.24, 2.45) is 0 Å². The van der Waals surface area contributed by atoms with Crippen LogP contribution in [-0.2, 0) is 16.0 Å². The molecule has 0 bridgehead atoms. The molecule has 2 aliphatic rings. The van der Waals surface area contributed by atoms with Gasteiger partial charge in [-0.15, -0.1) is 0 Å². The van der Waals surface area contributed by atoms with E-state index in [9.17, 15) is 21.6 Å². The zero-order valence-corrected chi connectivity index (χ0v) is 13.7. The Bertz CT molecular complexity index is 993. The molecule has 2 aromatic rings. The van der Waals surface area contributed by atoms with Crippen LogP contribution in [-0.4, -0.2) is 19.8 Å². The molecular formula is C17H12F3NO3S. The first-order chi connectivity index (χ1) is 11.7. The number of fused-ring (bicyclic) bond motifs is 1. The Morgan fingerprint density at radius 1 is 0.920 bits per heavy atom. The van der Waals surface area contributed by atoms with Gasteiger partial charge in [-0.2, -0.15) is 13.2 Å². The number of aromatic nitrogens is 1. The Morgan fingerprint density at radius 2 is 1.56 bits per heavy atom. The van der Waals surface area contributed by atoms with E-state index < -0.39 is 21.8 Å². The average Bonchev–Trinajstić information content (AvgIpc) is 3.04. The van der Waals surface area contributed by atoms with Crippen molar-refractivity contribution in [1.29, 1.82) is 0 Å². The highest BCUT2D eigenvalue weighted by atomic mass is 32.2. The van der Waals surface area contributed by atoms with E-state index in [4.69, 9.17) is 0 Å². The summed E-state index contributed by atoms with van der Waals surface area (Å²) in [5.41, 5.74) is 4.86. The summed E-state index contributed by atoms with van der Waals surface area (Å²) in [5, 5.41) is 2.89.